The van der Waals surface area contributed by atoms with E-state index in [1.54, 1.807) is 6.07 Å². The van der Waals surface area contributed by atoms with E-state index in [0.717, 1.165) is 5.56 Å². The van der Waals surface area contributed by atoms with E-state index in [9.17, 15) is 10.1 Å². The van der Waals surface area contributed by atoms with Crippen molar-refractivity contribution >= 4 is 33.6 Å². The molecule has 0 aliphatic rings. The topological polar surface area (TPSA) is 98.9 Å². The Labute approximate surface area is 188 Å². The Morgan fingerprint density at radius 1 is 1.23 bits per heavy atom. The van der Waals surface area contributed by atoms with Crippen molar-refractivity contribution in [1.29, 1.82) is 0 Å². The summed E-state index contributed by atoms with van der Waals surface area (Å²) in [6.45, 7) is 4.79. The SMILES string of the molecule is CCOc1cc(/C=N\Nc2ncccc2[N+](=O)[O-])cc(Br)c1OCc1ccc(C)cc1. The van der Waals surface area contributed by atoms with Crippen molar-refractivity contribution < 1.29 is 14.4 Å². The van der Waals surface area contributed by atoms with Crippen molar-refractivity contribution in [3.05, 3.63) is 86.0 Å². The van der Waals surface area contributed by atoms with Crippen molar-refractivity contribution in [2.45, 2.75) is 20.5 Å². The molecule has 0 fully saturated rings. The van der Waals surface area contributed by atoms with Gasteiger partial charge in [-0.25, -0.2) is 4.98 Å². The molecule has 9 heteroatoms. The van der Waals surface area contributed by atoms with Gasteiger partial charge in [0.1, 0.15) is 6.61 Å². The number of ether oxygens (including phenoxy) is 2. The summed E-state index contributed by atoms with van der Waals surface area (Å²) >= 11 is 3.53. The van der Waals surface area contributed by atoms with Gasteiger partial charge in [0.05, 0.1) is 22.2 Å². The number of benzene rings is 2. The number of aryl methyl sites for hydroxylation is 1. The zero-order valence-corrected chi connectivity index (χ0v) is 18.6. The molecule has 31 heavy (non-hydrogen) atoms. The molecule has 8 nitrogen and oxygen atoms in total. The van der Waals surface area contributed by atoms with Gasteiger partial charge >= 0.3 is 5.69 Å². The maximum absolute atomic E-state index is 11.1. The molecule has 0 atom stereocenters. The van der Waals surface area contributed by atoms with Gasteiger partial charge in [-0.2, -0.15) is 5.10 Å². The summed E-state index contributed by atoms with van der Waals surface area (Å²) in [6.07, 6.45) is 2.98. The number of hydrogen-bond acceptors (Lipinski definition) is 7. The largest absolute Gasteiger partial charge is 0.490 e. The molecule has 0 bridgehead atoms. The number of rotatable bonds is 9. The lowest BCUT2D eigenvalue weighted by atomic mass is 10.2. The monoisotopic (exact) mass is 484 g/mol. The van der Waals surface area contributed by atoms with Crippen LogP contribution >= 0.6 is 15.9 Å². The van der Waals surface area contributed by atoms with Crippen LogP contribution in [0.1, 0.15) is 23.6 Å². The Morgan fingerprint density at radius 2 is 2.00 bits per heavy atom. The summed E-state index contributed by atoms with van der Waals surface area (Å²) in [5, 5.41) is 15.1. The summed E-state index contributed by atoms with van der Waals surface area (Å²) in [4.78, 5) is 14.5. The van der Waals surface area contributed by atoms with E-state index < -0.39 is 4.92 Å². The second-order valence-electron chi connectivity index (χ2n) is 6.54. The van der Waals surface area contributed by atoms with E-state index in [-0.39, 0.29) is 11.5 Å². The van der Waals surface area contributed by atoms with Gasteiger partial charge in [0.25, 0.3) is 0 Å². The molecule has 3 aromatic rings. The first-order valence-corrected chi connectivity index (χ1v) is 10.3. The second kappa shape index (κ2) is 10.5. The van der Waals surface area contributed by atoms with E-state index >= 15 is 0 Å². The van der Waals surface area contributed by atoms with Gasteiger partial charge in [-0.15, -0.1) is 0 Å². The highest BCUT2D eigenvalue weighted by molar-refractivity contribution is 9.10. The van der Waals surface area contributed by atoms with Crippen molar-refractivity contribution in [3.63, 3.8) is 0 Å². The Balaban J connectivity index is 1.77. The summed E-state index contributed by atoms with van der Waals surface area (Å²) in [5.41, 5.74) is 5.40. The quantitative estimate of drug-likeness (QED) is 0.245. The molecular formula is C22H21BrN4O4. The molecule has 0 unspecified atom stereocenters. The smallest absolute Gasteiger partial charge is 0.313 e. The highest BCUT2D eigenvalue weighted by atomic mass is 79.9. The first kappa shape index (κ1) is 22.2. The number of halogens is 1. The number of nitrogens with one attached hydrogen (secondary N) is 1. The third-order valence-electron chi connectivity index (χ3n) is 4.20. The number of hydrazone groups is 1. The Hall–Kier alpha value is -3.46. The third-order valence-corrected chi connectivity index (χ3v) is 4.79. The van der Waals surface area contributed by atoms with Crippen LogP contribution in [0.25, 0.3) is 0 Å². The first-order chi connectivity index (χ1) is 15.0. The average molecular weight is 485 g/mol. The lowest BCUT2D eigenvalue weighted by molar-refractivity contribution is -0.384. The minimum atomic E-state index is -0.519. The van der Waals surface area contributed by atoms with Crippen LogP contribution in [0.3, 0.4) is 0 Å². The predicted molar refractivity (Wildman–Crippen MR) is 123 cm³/mol. The highest BCUT2D eigenvalue weighted by Gasteiger charge is 2.14. The molecule has 0 spiro atoms. The number of nitrogens with zero attached hydrogens (tertiary/aromatic N) is 3. The molecule has 1 N–H and O–H groups in total. The average Bonchev–Trinajstić information content (AvgIpc) is 2.75. The molecule has 0 amide bonds. The predicted octanol–water partition coefficient (Wildman–Crippen LogP) is 5.48. The normalized spacial score (nSPS) is 10.8. The van der Waals surface area contributed by atoms with Gasteiger partial charge in [-0.05, 0) is 59.1 Å². The van der Waals surface area contributed by atoms with Crippen LogP contribution in [0.4, 0.5) is 11.5 Å². The lowest BCUT2D eigenvalue weighted by Gasteiger charge is -2.15. The lowest BCUT2D eigenvalue weighted by Crippen LogP contribution is -2.02. The summed E-state index contributed by atoms with van der Waals surface area (Å²) in [6, 6.07) is 14.6. The standard InChI is InChI=1S/C22H21BrN4O4/c1-3-30-20-12-17(13-25-26-22-19(27(28)29)5-4-10-24-22)11-18(23)21(20)31-14-16-8-6-15(2)7-9-16/h4-13H,3,14H2,1-2H3,(H,24,26)/b25-13-. The maximum Gasteiger partial charge on any atom is 0.313 e. The fourth-order valence-corrected chi connectivity index (χ4v) is 3.28. The Bertz CT molecular complexity index is 1090. The molecule has 3 rings (SSSR count). The fraction of sp³-hybridized carbons (Fsp3) is 0.182. The second-order valence-corrected chi connectivity index (χ2v) is 7.39. The molecule has 0 saturated heterocycles. The Kier molecular flexibility index (Phi) is 7.55. The van der Waals surface area contributed by atoms with Gasteiger partial charge < -0.3 is 9.47 Å². The van der Waals surface area contributed by atoms with Crippen LogP contribution in [0.5, 0.6) is 11.5 Å². The molecule has 0 aliphatic heterocycles. The molecule has 2 aromatic carbocycles. The fourth-order valence-electron chi connectivity index (χ4n) is 2.70. The van der Waals surface area contributed by atoms with Gasteiger partial charge in [-0.1, -0.05) is 29.8 Å². The summed E-state index contributed by atoms with van der Waals surface area (Å²) in [5.74, 6) is 1.22. The van der Waals surface area contributed by atoms with Gasteiger partial charge in [0, 0.05) is 12.3 Å². The zero-order chi connectivity index (χ0) is 22.2. The van der Waals surface area contributed by atoms with Crippen LogP contribution in [0.15, 0.2) is 64.3 Å². The molecular weight excluding hydrogens is 464 g/mol. The number of nitro groups is 1. The van der Waals surface area contributed by atoms with Crippen LogP contribution in [0, 0.1) is 17.0 Å². The van der Waals surface area contributed by atoms with Crippen molar-refractivity contribution in [2.75, 3.05) is 12.0 Å². The van der Waals surface area contributed by atoms with E-state index in [1.807, 2.05) is 44.2 Å². The van der Waals surface area contributed by atoms with Crippen molar-refractivity contribution in [3.8, 4) is 11.5 Å². The van der Waals surface area contributed by atoms with E-state index in [0.29, 0.717) is 34.7 Å². The van der Waals surface area contributed by atoms with E-state index in [2.05, 4.69) is 31.4 Å². The maximum atomic E-state index is 11.1. The summed E-state index contributed by atoms with van der Waals surface area (Å²) in [7, 11) is 0. The minimum absolute atomic E-state index is 0.0610. The number of anilines is 1. The third kappa shape index (κ3) is 6.02. The van der Waals surface area contributed by atoms with Gasteiger partial charge in [0.2, 0.25) is 5.82 Å². The van der Waals surface area contributed by atoms with Crippen LogP contribution in [-0.2, 0) is 6.61 Å². The minimum Gasteiger partial charge on any atom is -0.490 e. The van der Waals surface area contributed by atoms with E-state index in [4.69, 9.17) is 9.47 Å². The first-order valence-electron chi connectivity index (χ1n) is 9.51. The molecule has 1 aromatic heterocycles. The Morgan fingerprint density at radius 3 is 2.71 bits per heavy atom. The number of aromatic nitrogens is 1. The molecule has 0 saturated carbocycles. The summed E-state index contributed by atoms with van der Waals surface area (Å²) < 4.78 is 12.4. The number of hydrogen-bond donors (Lipinski definition) is 1. The van der Waals surface area contributed by atoms with Crippen LogP contribution in [0.2, 0.25) is 0 Å². The van der Waals surface area contributed by atoms with Gasteiger partial charge in [-0.3, -0.25) is 15.5 Å². The van der Waals surface area contributed by atoms with Crippen LogP contribution in [-0.4, -0.2) is 22.7 Å². The molecule has 1 heterocycles. The van der Waals surface area contributed by atoms with Crippen molar-refractivity contribution in [1.82, 2.24) is 4.98 Å². The van der Waals surface area contributed by atoms with Gasteiger partial charge in [0.15, 0.2) is 11.5 Å². The zero-order valence-electron chi connectivity index (χ0n) is 17.0. The number of pyridine rings is 1. The highest BCUT2D eigenvalue weighted by Crippen LogP contribution is 2.37. The molecule has 160 valence electrons. The van der Waals surface area contributed by atoms with Crippen LogP contribution < -0.4 is 14.9 Å². The molecule has 0 radical (unpaired) electrons. The molecule has 0 aliphatic carbocycles. The van der Waals surface area contributed by atoms with E-state index in [1.165, 1.54) is 30.1 Å². The van der Waals surface area contributed by atoms with Crippen molar-refractivity contribution in [2.24, 2.45) is 5.10 Å².